The van der Waals surface area contributed by atoms with Gasteiger partial charge in [-0.25, -0.2) is 8.51 Å². The molecule has 0 aromatic heterocycles. The lowest BCUT2D eigenvalue weighted by molar-refractivity contribution is 0.0701. The average molecular weight is 294 g/mol. The molecule has 110 valence electrons. The van der Waals surface area contributed by atoms with Crippen LogP contribution in [0.3, 0.4) is 0 Å². The lowest BCUT2D eigenvalue weighted by Crippen LogP contribution is -2.48. The van der Waals surface area contributed by atoms with Gasteiger partial charge in [-0.3, -0.25) is 4.79 Å². The Morgan fingerprint density at radius 1 is 1.20 bits per heavy atom. The summed E-state index contributed by atoms with van der Waals surface area (Å²) in [5, 5.41) is 0. The normalized spacial score (nSPS) is 18.3. The van der Waals surface area contributed by atoms with Gasteiger partial charge in [0.2, 0.25) is 0 Å². The van der Waals surface area contributed by atoms with Crippen molar-refractivity contribution in [2.45, 2.75) is 19.8 Å². The van der Waals surface area contributed by atoms with Crippen molar-refractivity contribution in [3.63, 3.8) is 0 Å². The van der Waals surface area contributed by atoms with E-state index in [0.29, 0.717) is 32.1 Å². The summed E-state index contributed by atoms with van der Waals surface area (Å²) in [6, 6.07) is 7.86. The van der Waals surface area contributed by atoms with E-state index in [2.05, 4.69) is 19.9 Å². The van der Waals surface area contributed by atoms with Crippen LogP contribution in [0.25, 0.3) is 0 Å². The standard InChI is InChI=1S/C15H22N2O2S/c1-12(2)13-5-4-6-14(11-13)15(18)16-7-9-17(10-8-16)20(3)19/h4-6,11-12H,7-10H2,1-3H3. The molecular weight excluding hydrogens is 272 g/mol. The van der Waals surface area contributed by atoms with Crippen LogP contribution in [0.15, 0.2) is 24.3 Å². The summed E-state index contributed by atoms with van der Waals surface area (Å²) in [6.07, 6.45) is 1.68. The maximum Gasteiger partial charge on any atom is 0.253 e. The van der Waals surface area contributed by atoms with Crippen molar-refractivity contribution in [1.82, 2.24) is 9.21 Å². The van der Waals surface area contributed by atoms with E-state index in [9.17, 15) is 9.00 Å². The third-order valence-corrected chi connectivity index (χ3v) is 4.78. The Morgan fingerprint density at radius 3 is 2.40 bits per heavy atom. The van der Waals surface area contributed by atoms with Gasteiger partial charge in [0.1, 0.15) is 0 Å². The number of rotatable bonds is 3. The molecule has 1 unspecified atom stereocenters. The molecule has 1 aliphatic heterocycles. The zero-order valence-corrected chi connectivity index (χ0v) is 13.2. The van der Waals surface area contributed by atoms with Crippen LogP contribution in [-0.4, -0.2) is 51.8 Å². The van der Waals surface area contributed by atoms with Crippen LogP contribution in [0.5, 0.6) is 0 Å². The summed E-state index contributed by atoms with van der Waals surface area (Å²) in [7, 11) is -0.939. The van der Waals surface area contributed by atoms with Crippen LogP contribution in [0.4, 0.5) is 0 Å². The molecule has 1 heterocycles. The fraction of sp³-hybridized carbons (Fsp3) is 0.533. The number of piperazine rings is 1. The first-order valence-corrected chi connectivity index (χ1v) is 8.48. The molecule has 1 aliphatic rings. The highest BCUT2D eigenvalue weighted by atomic mass is 32.2. The Kier molecular flexibility index (Phi) is 4.94. The highest BCUT2D eigenvalue weighted by molar-refractivity contribution is 7.81. The summed E-state index contributed by atoms with van der Waals surface area (Å²) >= 11 is 0. The number of benzene rings is 1. The SMILES string of the molecule is CC(C)c1cccc(C(=O)N2CCN(S(C)=O)CC2)c1. The summed E-state index contributed by atoms with van der Waals surface area (Å²) in [5.41, 5.74) is 1.94. The van der Waals surface area contributed by atoms with Crippen LogP contribution in [0.2, 0.25) is 0 Å². The molecule has 0 spiro atoms. The summed E-state index contributed by atoms with van der Waals surface area (Å²) < 4.78 is 13.3. The van der Waals surface area contributed by atoms with E-state index in [1.165, 1.54) is 5.56 Å². The largest absolute Gasteiger partial charge is 0.336 e. The number of hydrogen-bond acceptors (Lipinski definition) is 2. The Bertz CT molecular complexity index is 508. The molecule has 1 aromatic carbocycles. The predicted molar refractivity (Wildman–Crippen MR) is 82.1 cm³/mol. The number of carbonyl (C=O) groups is 1. The Labute approximate surface area is 123 Å². The molecule has 1 aromatic rings. The lowest BCUT2D eigenvalue weighted by atomic mass is 10.0. The molecule has 0 N–H and O–H groups in total. The van der Waals surface area contributed by atoms with Crippen molar-refractivity contribution in [3.8, 4) is 0 Å². The topological polar surface area (TPSA) is 40.6 Å². The summed E-state index contributed by atoms with van der Waals surface area (Å²) in [5.74, 6) is 0.496. The van der Waals surface area contributed by atoms with Crippen LogP contribution < -0.4 is 0 Å². The van der Waals surface area contributed by atoms with Gasteiger partial charge in [0, 0.05) is 38.0 Å². The zero-order chi connectivity index (χ0) is 14.7. The molecule has 1 fully saturated rings. The van der Waals surface area contributed by atoms with Crippen LogP contribution in [0.1, 0.15) is 35.7 Å². The molecule has 1 amide bonds. The van der Waals surface area contributed by atoms with Crippen molar-refractivity contribution >= 4 is 16.9 Å². The van der Waals surface area contributed by atoms with E-state index in [1.807, 2.05) is 27.4 Å². The van der Waals surface area contributed by atoms with E-state index in [-0.39, 0.29) is 5.91 Å². The minimum Gasteiger partial charge on any atom is -0.336 e. The third-order valence-electron chi connectivity index (χ3n) is 3.69. The highest BCUT2D eigenvalue weighted by Gasteiger charge is 2.23. The molecule has 0 bridgehead atoms. The average Bonchev–Trinajstić information content (AvgIpc) is 2.46. The van der Waals surface area contributed by atoms with Crippen molar-refractivity contribution in [1.29, 1.82) is 0 Å². The van der Waals surface area contributed by atoms with Crippen molar-refractivity contribution < 1.29 is 9.00 Å². The van der Waals surface area contributed by atoms with Crippen molar-refractivity contribution in [2.75, 3.05) is 32.4 Å². The number of amides is 1. The highest BCUT2D eigenvalue weighted by Crippen LogP contribution is 2.17. The molecule has 0 aliphatic carbocycles. The molecule has 0 saturated carbocycles. The third kappa shape index (κ3) is 3.46. The summed E-state index contributed by atoms with van der Waals surface area (Å²) in [4.78, 5) is 14.3. The van der Waals surface area contributed by atoms with Gasteiger partial charge in [0.25, 0.3) is 5.91 Å². The van der Waals surface area contributed by atoms with E-state index < -0.39 is 11.0 Å². The smallest absolute Gasteiger partial charge is 0.253 e. The first kappa shape index (κ1) is 15.2. The number of hydrogen-bond donors (Lipinski definition) is 0. The van der Waals surface area contributed by atoms with Gasteiger partial charge in [-0.15, -0.1) is 0 Å². The molecule has 1 atom stereocenters. The molecule has 4 nitrogen and oxygen atoms in total. The van der Waals surface area contributed by atoms with Crippen molar-refractivity contribution in [2.24, 2.45) is 0 Å². The molecule has 0 radical (unpaired) electrons. The molecule has 1 saturated heterocycles. The van der Waals surface area contributed by atoms with Gasteiger partial charge in [-0.2, -0.15) is 0 Å². The maximum atomic E-state index is 12.5. The second kappa shape index (κ2) is 6.50. The number of carbonyl (C=O) groups excluding carboxylic acids is 1. The van der Waals surface area contributed by atoms with Crippen molar-refractivity contribution in [3.05, 3.63) is 35.4 Å². The Balaban J connectivity index is 2.05. The van der Waals surface area contributed by atoms with E-state index >= 15 is 0 Å². The quantitative estimate of drug-likeness (QED) is 0.854. The Morgan fingerprint density at radius 2 is 1.85 bits per heavy atom. The van der Waals surface area contributed by atoms with Crippen LogP contribution in [-0.2, 0) is 11.0 Å². The van der Waals surface area contributed by atoms with Gasteiger partial charge in [-0.05, 0) is 23.6 Å². The minimum absolute atomic E-state index is 0.0778. The first-order valence-electron chi connectivity index (χ1n) is 6.96. The van der Waals surface area contributed by atoms with Gasteiger partial charge < -0.3 is 4.90 Å². The summed E-state index contributed by atoms with van der Waals surface area (Å²) in [6.45, 7) is 6.89. The fourth-order valence-electron chi connectivity index (χ4n) is 2.36. The maximum absolute atomic E-state index is 12.5. The Hall–Kier alpha value is -1.20. The van der Waals surface area contributed by atoms with E-state index in [1.54, 1.807) is 6.26 Å². The lowest BCUT2D eigenvalue weighted by Gasteiger charge is -2.33. The molecule has 20 heavy (non-hydrogen) atoms. The van der Waals surface area contributed by atoms with Gasteiger partial charge >= 0.3 is 0 Å². The second-order valence-electron chi connectivity index (χ2n) is 5.43. The minimum atomic E-state index is -0.939. The van der Waals surface area contributed by atoms with Crippen LogP contribution in [0, 0.1) is 0 Å². The second-order valence-corrected chi connectivity index (χ2v) is 6.79. The first-order chi connectivity index (χ1) is 9.49. The fourth-order valence-corrected chi connectivity index (χ4v) is 3.04. The molecule has 2 rings (SSSR count). The molecular formula is C15H22N2O2S. The monoisotopic (exact) mass is 294 g/mol. The van der Waals surface area contributed by atoms with Gasteiger partial charge in [0.05, 0.1) is 11.0 Å². The van der Waals surface area contributed by atoms with Gasteiger partial charge in [0.15, 0.2) is 0 Å². The number of nitrogens with zero attached hydrogens (tertiary/aromatic N) is 2. The van der Waals surface area contributed by atoms with Crippen LogP contribution >= 0.6 is 0 Å². The zero-order valence-electron chi connectivity index (χ0n) is 12.3. The van der Waals surface area contributed by atoms with Gasteiger partial charge in [-0.1, -0.05) is 26.0 Å². The van der Waals surface area contributed by atoms with E-state index in [0.717, 1.165) is 5.56 Å². The van der Waals surface area contributed by atoms with E-state index in [4.69, 9.17) is 0 Å². The molecule has 5 heteroatoms. The predicted octanol–water partition coefficient (Wildman–Crippen LogP) is 1.86.